The molecule has 2 heterocycles. The van der Waals surface area contributed by atoms with Gasteiger partial charge in [0.2, 0.25) is 0 Å². The largest absolute Gasteiger partial charge is 0.385 e. The molecule has 0 N–H and O–H groups in total. The average molecular weight is 274 g/mol. The molecule has 1 aromatic heterocycles. The molecule has 1 aromatic carbocycles. The number of fused-ring (bicyclic) bond motifs is 1. The third-order valence-electron chi connectivity index (χ3n) is 3.64. The number of likely N-dealkylation sites (tertiary alicyclic amines) is 1. The maximum Gasteiger partial charge on any atom is 0.263 e. The van der Waals surface area contributed by atoms with Crippen LogP contribution < -0.4 is 4.84 Å². The summed E-state index contributed by atoms with van der Waals surface area (Å²) in [5.41, 5.74) is 1.53. The molecule has 20 heavy (non-hydrogen) atoms. The second-order valence-corrected chi connectivity index (χ2v) is 5.31. The van der Waals surface area contributed by atoms with Crippen LogP contribution in [0.3, 0.4) is 0 Å². The van der Waals surface area contributed by atoms with Gasteiger partial charge in [-0.05, 0) is 36.1 Å². The van der Waals surface area contributed by atoms with Gasteiger partial charge in [0.25, 0.3) is 5.91 Å². The molecule has 1 fully saturated rings. The number of para-hydroxylation sites is 1. The Hall–Kier alpha value is -2.11. The van der Waals surface area contributed by atoms with Crippen LogP contribution in [-0.2, 0) is 4.79 Å². The summed E-state index contributed by atoms with van der Waals surface area (Å²) in [6.07, 6.45) is 2.26. The van der Waals surface area contributed by atoms with Gasteiger partial charge in [-0.25, -0.2) is 0 Å². The molecule has 6 heteroatoms. The minimum absolute atomic E-state index is 0.0000737. The number of rotatable bonds is 3. The summed E-state index contributed by atoms with van der Waals surface area (Å²) in [5, 5.41) is 7.89. The summed E-state index contributed by atoms with van der Waals surface area (Å²) in [5.74, 6) is 0.580. The summed E-state index contributed by atoms with van der Waals surface area (Å²) in [4.78, 5) is 20.8. The zero-order valence-electron chi connectivity index (χ0n) is 11.5. The van der Waals surface area contributed by atoms with Crippen LogP contribution in [0, 0.1) is 5.92 Å². The lowest BCUT2D eigenvalue weighted by molar-refractivity contribution is -0.138. The highest BCUT2D eigenvalue weighted by Gasteiger charge is 2.21. The smallest absolute Gasteiger partial charge is 0.263 e. The van der Waals surface area contributed by atoms with E-state index in [4.69, 9.17) is 4.84 Å². The minimum atomic E-state index is 0.0000737. The van der Waals surface area contributed by atoms with Crippen molar-refractivity contribution < 1.29 is 9.63 Å². The zero-order valence-corrected chi connectivity index (χ0v) is 11.5. The number of amides is 1. The van der Waals surface area contributed by atoms with E-state index in [1.807, 2.05) is 29.2 Å². The Labute approximate surface area is 117 Å². The molecular weight excluding hydrogens is 256 g/mol. The Bertz CT molecular complexity index is 610. The first-order valence-corrected chi connectivity index (χ1v) is 6.95. The lowest BCUT2D eigenvalue weighted by Crippen LogP contribution is -2.42. The summed E-state index contributed by atoms with van der Waals surface area (Å²) in [6.45, 7) is 3.82. The van der Waals surface area contributed by atoms with Gasteiger partial charge in [0.15, 0.2) is 6.61 Å². The Kier molecular flexibility index (Phi) is 3.54. The maximum atomic E-state index is 12.1. The summed E-state index contributed by atoms with van der Waals surface area (Å²) >= 11 is 0. The first kappa shape index (κ1) is 12.9. The molecule has 106 valence electrons. The van der Waals surface area contributed by atoms with Crippen LogP contribution in [0.2, 0.25) is 0 Å². The van der Waals surface area contributed by atoms with E-state index in [1.54, 1.807) is 0 Å². The van der Waals surface area contributed by atoms with Gasteiger partial charge in [0.1, 0.15) is 11.0 Å². The van der Waals surface area contributed by atoms with Crippen molar-refractivity contribution in [3.63, 3.8) is 0 Å². The fourth-order valence-electron chi connectivity index (χ4n) is 2.57. The van der Waals surface area contributed by atoms with Crippen LogP contribution in [0.15, 0.2) is 24.3 Å². The molecule has 2 aromatic rings. The van der Waals surface area contributed by atoms with Gasteiger partial charge in [0, 0.05) is 13.1 Å². The molecule has 1 atom stereocenters. The van der Waals surface area contributed by atoms with Crippen LogP contribution in [0.25, 0.3) is 11.0 Å². The molecule has 1 aliphatic heterocycles. The molecule has 1 aliphatic rings. The van der Waals surface area contributed by atoms with E-state index in [-0.39, 0.29) is 12.5 Å². The third-order valence-corrected chi connectivity index (χ3v) is 3.64. The highest BCUT2D eigenvalue weighted by atomic mass is 16.7. The molecule has 1 saturated heterocycles. The number of nitrogens with zero attached hydrogens (tertiary/aromatic N) is 4. The Morgan fingerprint density at radius 1 is 1.45 bits per heavy atom. The number of piperidine rings is 1. The molecule has 6 nitrogen and oxygen atoms in total. The van der Waals surface area contributed by atoms with Crippen LogP contribution in [0.1, 0.15) is 19.8 Å². The lowest BCUT2D eigenvalue weighted by atomic mass is 10.0. The molecule has 3 rings (SSSR count). The Balaban J connectivity index is 1.63. The molecule has 0 bridgehead atoms. The Morgan fingerprint density at radius 2 is 2.30 bits per heavy atom. The van der Waals surface area contributed by atoms with E-state index in [1.165, 1.54) is 11.3 Å². The molecule has 0 aliphatic carbocycles. The molecule has 0 radical (unpaired) electrons. The number of benzene rings is 1. The highest BCUT2D eigenvalue weighted by Crippen LogP contribution is 2.15. The molecule has 0 spiro atoms. The average Bonchev–Trinajstić information content (AvgIpc) is 2.88. The van der Waals surface area contributed by atoms with Gasteiger partial charge in [-0.2, -0.15) is 0 Å². The summed E-state index contributed by atoms with van der Waals surface area (Å²) in [6, 6.07) is 7.50. The van der Waals surface area contributed by atoms with E-state index >= 15 is 0 Å². The number of carbonyl (C=O) groups is 1. The van der Waals surface area contributed by atoms with Crippen molar-refractivity contribution in [1.82, 2.24) is 20.1 Å². The maximum absolute atomic E-state index is 12.1. The SMILES string of the molecule is C[C@@H]1CCCN(C(=O)COn2nnc3ccccc32)C1. The van der Waals surface area contributed by atoms with E-state index in [0.717, 1.165) is 30.5 Å². The van der Waals surface area contributed by atoms with Gasteiger partial charge in [0.05, 0.1) is 0 Å². The highest BCUT2D eigenvalue weighted by molar-refractivity contribution is 5.78. The van der Waals surface area contributed by atoms with Crippen molar-refractivity contribution in [3.8, 4) is 0 Å². The van der Waals surface area contributed by atoms with Crippen molar-refractivity contribution in [2.75, 3.05) is 19.7 Å². The quantitative estimate of drug-likeness (QED) is 0.841. The van der Waals surface area contributed by atoms with Crippen molar-refractivity contribution >= 4 is 16.9 Å². The molecule has 0 saturated carbocycles. The molecular formula is C14H18N4O2. The zero-order chi connectivity index (χ0) is 13.9. The van der Waals surface area contributed by atoms with Crippen molar-refractivity contribution in [2.24, 2.45) is 5.92 Å². The fourth-order valence-corrected chi connectivity index (χ4v) is 2.57. The van der Waals surface area contributed by atoms with Gasteiger partial charge in [-0.15, -0.1) is 5.10 Å². The molecule has 1 amide bonds. The minimum Gasteiger partial charge on any atom is -0.385 e. The number of hydrogen-bond donors (Lipinski definition) is 0. The predicted octanol–water partition coefficient (Wildman–Crippen LogP) is 1.12. The topological polar surface area (TPSA) is 60.2 Å². The van der Waals surface area contributed by atoms with E-state index in [2.05, 4.69) is 17.2 Å². The van der Waals surface area contributed by atoms with Gasteiger partial charge in [-0.3, -0.25) is 4.79 Å². The first-order valence-electron chi connectivity index (χ1n) is 6.95. The standard InChI is InChI=1S/C14H18N4O2/c1-11-5-4-8-17(9-11)14(19)10-20-18-13-7-3-2-6-12(13)15-16-18/h2-3,6-7,11H,4-5,8-10H2,1H3/t11-/m1/s1. The van der Waals surface area contributed by atoms with Crippen molar-refractivity contribution in [2.45, 2.75) is 19.8 Å². The number of hydrogen-bond acceptors (Lipinski definition) is 4. The van der Waals surface area contributed by atoms with Crippen molar-refractivity contribution in [1.29, 1.82) is 0 Å². The van der Waals surface area contributed by atoms with Crippen LogP contribution in [-0.4, -0.2) is 45.7 Å². The second-order valence-electron chi connectivity index (χ2n) is 5.31. The third kappa shape index (κ3) is 2.59. The predicted molar refractivity (Wildman–Crippen MR) is 74.0 cm³/mol. The monoisotopic (exact) mass is 274 g/mol. The van der Waals surface area contributed by atoms with E-state index < -0.39 is 0 Å². The van der Waals surface area contributed by atoms with Crippen LogP contribution in [0.4, 0.5) is 0 Å². The number of aromatic nitrogens is 3. The van der Waals surface area contributed by atoms with E-state index in [9.17, 15) is 4.79 Å². The van der Waals surface area contributed by atoms with Gasteiger partial charge in [-0.1, -0.05) is 23.9 Å². The first-order chi connectivity index (χ1) is 9.74. The fraction of sp³-hybridized carbons (Fsp3) is 0.500. The van der Waals surface area contributed by atoms with Crippen LogP contribution >= 0.6 is 0 Å². The van der Waals surface area contributed by atoms with E-state index in [0.29, 0.717) is 5.92 Å². The van der Waals surface area contributed by atoms with Gasteiger partial charge >= 0.3 is 0 Å². The second kappa shape index (κ2) is 5.48. The normalized spacial score (nSPS) is 19.2. The summed E-state index contributed by atoms with van der Waals surface area (Å²) < 4.78 is 0. The molecule has 0 unspecified atom stereocenters. The lowest BCUT2D eigenvalue weighted by Gasteiger charge is -2.30. The Morgan fingerprint density at radius 3 is 3.15 bits per heavy atom. The van der Waals surface area contributed by atoms with Crippen molar-refractivity contribution in [3.05, 3.63) is 24.3 Å². The summed E-state index contributed by atoms with van der Waals surface area (Å²) in [7, 11) is 0. The van der Waals surface area contributed by atoms with Crippen LogP contribution in [0.5, 0.6) is 0 Å². The van der Waals surface area contributed by atoms with Gasteiger partial charge < -0.3 is 9.74 Å². The number of carbonyl (C=O) groups excluding carboxylic acids is 1.